The zero-order valence-corrected chi connectivity index (χ0v) is 17.4. The van der Waals surface area contributed by atoms with Crippen LogP contribution in [0, 0.1) is 5.82 Å². The van der Waals surface area contributed by atoms with Gasteiger partial charge in [-0.1, -0.05) is 19.4 Å². The number of nitrogens with one attached hydrogen (secondary N) is 2. The van der Waals surface area contributed by atoms with Crippen LogP contribution in [0.15, 0.2) is 23.2 Å². The Morgan fingerprint density at radius 3 is 2.81 bits per heavy atom. The van der Waals surface area contributed by atoms with E-state index < -0.39 is 10.8 Å². The van der Waals surface area contributed by atoms with Gasteiger partial charge in [0.05, 0.1) is 13.2 Å². The van der Waals surface area contributed by atoms with Gasteiger partial charge in [0.1, 0.15) is 0 Å². The molecular weight excluding hydrogens is 365 g/mol. The van der Waals surface area contributed by atoms with E-state index >= 15 is 0 Å². The molecule has 1 saturated carbocycles. The summed E-state index contributed by atoms with van der Waals surface area (Å²) < 4.78 is 31.4. The lowest BCUT2D eigenvalue weighted by atomic mass is 9.95. The number of halogens is 1. The fourth-order valence-electron chi connectivity index (χ4n) is 3.35. The minimum atomic E-state index is -0.747. The van der Waals surface area contributed by atoms with Gasteiger partial charge in [-0.3, -0.25) is 4.21 Å². The van der Waals surface area contributed by atoms with Crippen molar-refractivity contribution >= 4 is 16.8 Å². The molecule has 27 heavy (non-hydrogen) atoms. The van der Waals surface area contributed by atoms with Crippen LogP contribution in [0.2, 0.25) is 0 Å². The van der Waals surface area contributed by atoms with Gasteiger partial charge in [-0.2, -0.15) is 0 Å². The van der Waals surface area contributed by atoms with Crippen LogP contribution in [0.3, 0.4) is 0 Å². The zero-order valence-electron chi connectivity index (χ0n) is 16.6. The van der Waals surface area contributed by atoms with Crippen molar-refractivity contribution in [1.82, 2.24) is 10.6 Å². The molecular formula is C20H32FN3O2S. The Morgan fingerprint density at radius 2 is 2.15 bits per heavy atom. The first-order valence-electron chi connectivity index (χ1n) is 9.90. The second-order valence-electron chi connectivity index (χ2n) is 6.69. The van der Waals surface area contributed by atoms with E-state index in [1.807, 2.05) is 26.8 Å². The Kier molecular flexibility index (Phi) is 9.04. The smallest absolute Gasteiger partial charge is 0.191 e. The van der Waals surface area contributed by atoms with E-state index in [4.69, 9.17) is 4.74 Å². The molecule has 1 aromatic carbocycles. The third kappa shape index (κ3) is 6.79. The maximum absolute atomic E-state index is 14.0. The van der Waals surface area contributed by atoms with Gasteiger partial charge in [-0.15, -0.1) is 0 Å². The highest BCUT2D eigenvalue weighted by Gasteiger charge is 2.26. The number of ether oxygens (including phenoxy) is 1. The first-order valence-corrected chi connectivity index (χ1v) is 11.3. The molecule has 0 saturated heterocycles. The van der Waals surface area contributed by atoms with E-state index in [9.17, 15) is 8.60 Å². The van der Waals surface area contributed by atoms with E-state index in [1.54, 1.807) is 6.07 Å². The van der Waals surface area contributed by atoms with Crippen molar-refractivity contribution in [3.05, 3.63) is 29.6 Å². The number of guanidine groups is 1. The Hall–Kier alpha value is -1.63. The van der Waals surface area contributed by atoms with Gasteiger partial charge < -0.3 is 15.4 Å². The molecule has 0 amide bonds. The van der Waals surface area contributed by atoms with E-state index in [1.165, 1.54) is 6.07 Å². The van der Waals surface area contributed by atoms with Gasteiger partial charge in [0.15, 0.2) is 17.5 Å². The fourth-order valence-corrected chi connectivity index (χ4v) is 4.70. The Balaban J connectivity index is 1.99. The lowest BCUT2D eigenvalue weighted by Crippen LogP contribution is -2.46. The van der Waals surface area contributed by atoms with Crippen molar-refractivity contribution in [3.8, 4) is 5.75 Å². The Morgan fingerprint density at radius 1 is 1.33 bits per heavy atom. The monoisotopic (exact) mass is 397 g/mol. The number of hydrogen-bond donors (Lipinski definition) is 2. The van der Waals surface area contributed by atoms with Gasteiger partial charge >= 0.3 is 0 Å². The SMILES string of the molecule is CCNC(=NCc1ccc(OCC)c(F)c1)NC1CCCC(S(=O)CC)C1. The van der Waals surface area contributed by atoms with Crippen LogP contribution in [-0.2, 0) is 17.3 Å². The molecule has 1 fully saturated rings. The van der Waals surface area contributed by atoms with Crippen LogP contribution in [0.25, 0.3) is 0 Å². The minimum absolute atomic E-state index is 0.268. The molecule has 3 unspecified atom stereocenters. The van der Waals surface area contributed by atoms with Crippen LogP contribution < -0.4 is 15.4 Å². The van der Waals surface area contributed by atoms with Gasteiger partial charge in [0, 0.05) is 34.4 Å². The second-order valence-corrected chi connectivity index (χ2v) is 8.70. The van der Waals surface area contributed by atoms with Crippen molar-refractivity contribution in [2.75, 3.05) is 18.9 Å². The molecule has 0 radical (unpaired) electrons. The molecule has 2 N–H and O–H groups in total. The quantitative estimate of drug-likeness (QED) is 0.522. The fraction of sp³-hybridized carbons (Fsp3) is 0.650. The molecule has 1 aromatic rings. The first kappa shape index (κ1) is 21.7. The maximum atomic E-state index is 14.0. The normalized spacial score (nSPS) is 21.6. The summed E-state index contributed by atoms with van der Waals surface area (Å²) in [6.45, 7) is 7.40. The standard InChI is InChI=1S/C20H32FN3O2S/c1-4-22-20(24-16-8-7-9-17(13-16)27(25)6-3)23-14-15-10-11-19(26-5-2)18(21)12-15/h10-12,16-17H,4-9,13-14H2,1-3H3,(H2,22,23,24). The third-order valence-electron chi connectivity index (χ3n) is 4.68. The number of benzene rings is 1. The molecule has 0 aliphatic heterocycles. The highest BCUT2D eigenvalue weighted by atomic mass is 32.2. The molecule has 2 rings (SSSR count). The van der Waals surface area contributed by atoms with Gasteiger partial charge in [0.25, 0.3) is 0 Å². The van der Waals surface area contributed by atoms with E-state index in [0.29, 0.717) is 13.2 Å². The average Bonchev–Trinajstić information content (AvgIpc) is 2.68. The maximum Gasteiger partial charge on any atom is 0.191 e. The number of aliphatic imine (C=N–C) groups is 1. The van der Waals surface area contributed by atoms with Crippen molar-refractivity contribution in [3.63, 3.8) is 0 Å². The summed E-state index contributed by atoms with van der Waals surface area (Å²) in [7, 11) is -0.747. The van der Waals surface area contributed by atoms with Crippen LogP contribution in [0.4, 0.5) is 4.39 Å². The zero-order chi connectivity index (χ0) is 19.6. The number of rotatable bonds is 8. The van der Waals surface area contributed by atoms with Crippen molar-refractivity contribution in [2.45, 2.75) is 64.3 Å². The topological polar surface area (TPSA) is 62.7 Å². The summed E-state index contributed by atoms with van der Waals surface area (Å²) >= 11 is 0. The average molecular weight is 398 g/mol. The number of hydrogen-bond acceptors (Lipinski definition) is 3. The number of nitrogens with zero attached hydrogens (tertiary/aromatic N) is 1. The van der Waals surface area contributed by atoms with Crippen molar-refractivity contribution in [1.29, 1.82) is 0 Å². The molecule has 7 heteroatoms. The third-order valence-corrected chi connectivity index (χ3v) is 6.42. The van der Waals surface area contributed by atoms with E-state index in [2.05, 4.69) is 15.6 Å². The summed E-state index contributed by atoms with van der Waals surface area (Å²) in [4.78, 5) is 4.60. The first-order chi connectivity index (χ1) is 13.1. The van der Waals surface area contributed by atoms with Crippen LogP contribution in [-0.4, -0.2) is 40.4 Å². The predicted octanol–water partition coefficient (Wildman–Crippen LogP) is 3.36. The van der Waals surface area contributed by atoms with Crippen LogP contribution >= 0.6 is 0 Å². The molecule has 0 spiro atoms. The lowest BCUT2D eigenvalue weighted by Gasteiger charge is -2.30. The van der Waals surface area contributed by atoms with E-state index in [0.717, 1.165) is 49.5 Å². The lowest BCUT2D eigenvalue weighted by molar-refractivity contribution is 0.321. The summed E-state index contributed by atoms with van der Waals surface area (Å²) in [6, 6.07) is 5.23. The molecule has 5 nitrogen and oxygen atoms in total. The largest absolute Gasteiger partial charge is 0.491 e. The van der Waals surface area contributed by atoms with Crippen molar-refractivity contribution < 1.29 is 13.3 Å². The minimum Gasteiger partial charge on any atom is -0.491 e. The summed E-state index contributed by atoms with van der Waals surface area (Å²) in [5.41, 5.74) is 0.793. The summed E-state index contributed by atoms with van der Waals surface area (Å²) in [5.74, 6) is 1.35. The molecule has 152 valence electrons. The van der Waals surface area contributed by atoms with E-state index in [-0.39, 0.29) is 22.9 Å². The molecule has 0 aromatic heterocycles. The highest BCUT2D eigenvalue weighted by molar-refractivity contribution is 7.85. The van der Waals surface area contributed by atoms with Gasteiger partial charge in [0.2, 0.25) is 0 Å². The highest BCUT2D eigenvalue weighted by Crippen LogP contribution is 2.23. The molecule has 0 heterocycles. The second kappa shape index (κ2) is 11.3. The molecule has 0 bridgehead atoms. The Labute approximate surface area is 164 Å². The molecule has 1 aliphatic rings. The molecule has 1 aliphatic carbocycles. The summed E-state index contributed by atoms with van der Waals surface area (Å²) in [5, 5.41) is 6.99. The van der Waals surface area contributed by atoms with Crippen LogP contribution in [0.5, 0.6) is 5.75 Å². The van der Waals surface area contributed by atoms with Crippen LogP contribution in [0.1, 0.15) is 52.0 Å². The summed E-state index contributed by atoms with van der Waals surface area (Å²) in [6.07, 6.45) is 4.08. The predicted molar refractivity (Wildman–Crippen MR) is 110 cm³/mol. The van der Waals surface area contributed by atoms with Crippen molar-refractivity contribution in [2.24, 2.45) is 4.99 Å². The molecule has 3 atom stereocenters. The van der Waals surface area contributed by atoms with Gasteiger partial charge in [-0.05, 0) is 50.8 Å². The Bertz CT molecular complexity index is 654. The van der Waals surface area contributed by atoms with Gasteiger partial charge in [-0.25, -0.2) is 9.38 Å².